The van der Waals surface area contributed by atoms with Crippen LogP contribution in [0.2, 0.25) is 0 Å². The summed E-state index contributed by atoms with van der Waals surface area (Å²) in [6, 6.07) is 4.19. The molecule has 1 aromatic rings. The molecule has 1 saturated heterocycles. The SMILES string of the molecule is NCCOCCCc1cccc2c1C(=O)N(C1CCC(=O)NC1=O)C2=O. The Kier molecular flexibility index (Phi) is 5.43. The molecule has 8 nitrogen and oxygen atoms in total. The molecule has 2 aliphatic heterocycles. The predicted molar refractivity (Wildman–Crippen MR) is 91.3 cm³/mol. The lowest BCUT2D eigenvalue weighted by atomic mass is 9.99. The zero-order chi connectivity index (χ0) is 18.7. The van der Waals surface area contributed by atoms with Gasteiger partial charge < -0.3 is 10.5 Å². The molecule has 1 unspecified atom stereocenters. The van der Waals surface area contributed by atoms with Gasteiger partial charge in [-0.05, 0) is 30.9 Å². The number of benzene rings is 1. The van der Waals surface area contributed by atoms with Crippen LogP contribution in [0.4, 0.5) is 0 Å². The van der Waals surface area contributed by atoms with Crippen molar-refractivity contribution in [2.24, 2.45) is 5.73 Å². The lowest BCUT2D eigenvalue weighted by Crippen LogP contribution is -2.54. The van der Waals surface area contributed by atoms with Crippen molar-refractivity contribution >= 4 is 23.6 Å². The molecule has 8 heteroatoms. The van der Waals surface area contributed by atoms with E-state index in [0.29, 0.717) is 43.7 Å². The molecule has 0 bridgehead atoms. The van der Waals surface area contributed by atoms with Crippen LogP contribution in [0.5, 0.6) is 0 Å². The monoisotopic (exact) mass is 359 g/mol. The molecule has 138 valence electrons. The molecule has 3 N–H and O–H groups in total. The molecule has 0 spiro atoms. The number of carbonyl (C=O) groups excluding carboxylic acids is 4. The van der Waals surface area contributed by atoms with Crippen molar-refractivity contribution in [2.75, 3.05) is 19.8 Å². The number of imide groups is 2. The molecule has 4 amide bonds. The summed E-state index contributed by atoms with van der Waals surface area (Å²) in [5, 5.41) is 2.19. The zero-order valence-electron chi connectivity index (χ0n) is 14.3. The molecule has 0 aliphatic carbocycles. The maximum Gasteiger partial charge on any atom is 0.262 e. The van der Waals surface area contributed by atoms with Gasteiger partial charge in [0.05, 0.1) is 17.7 Å². The van der Waals surface area contributed by atoms with E-state index in [9.17, 15) is 19.2 Å². The summed E-state index contributed by atoms with van der Waals surface area (Å²) < 4.78 is 5.34. The highest BCUT2D eigenvalue weighted by Gasteiger charge is 2.45. The molecule has 1 aromatic carbocycles. The number of nitrogens with one attached hydrogen (secondary N) is 1. The van der Waals surface area contributed by atoms with Gasteiger partial charge in [-0.1, -0.05) is 12.1 Å². The number of carbonyl (C=O) groups is 4. The Morgan fingerprint density at radius 2 is 1.96 bits per heavy atom. The summed E-state index contributed by atoms with van der Waals surface area (Å²) in [4.78, 5) is 50.0. The predicted octanol–water partition coefficient (Wildman–Crippen LogP) is -0.00430. The molecule has 1 fully saturated rings. The van der Waals surface area contributed by atoms with E-state index in [1.165, 1.54) is 0 Å². The zero-order valence-corrected chi connectivity index (χ0v) is 14.3. The van der Waals surface area contributed by atoms with Gasteiger partial charge in [0.2, 0.25) is 11.8 Å². The van der Waals surface area contributed by atoms with Crippen LogP contribution in [0.25, 0.3) is 0 Å². The normalized spacial score (nSPS) is 19.7. The number of fused-ring (bicyclic) bond motifs is 1. The van der Waals surface area contributed by atoms with E-state index < -0.39 is 23.8 Å². The van der Waals surface area contributed by atoms with Gasteiger partial charge >= 0.3 is 0 Å². The van der Waals surface area contributed by atoms with E-state index in [0.717, 1.165) is 10.5 Å². The maximum absolute atomic E-state index is 12.9. The number of hydrogen-bond donors (Lipinski definition) is 2. The van der Waals surface area contributed by atoms with Crippen molar-refractivity contribution in [2.45, 2.75) is 31.7 Å². The van der Waals surface area contributed by atoms with Gasteiger partial charge in [-0.25, -0.2) is 0 Å². The minimum atomic E-state index is -0.944. The average Bonchev–Trinajstić information content (AvgIpc) is 2.87. The van der Waals surface area contributed by atoms with E-state index in [1.54, 1.807) is 18.2 Å². The molecule has 2 aliphatic rings. The van der Waals surface area contributed by atoms with Crippen LogP contribution >= 0.6 is 0 Å². The van der Waals surface area contributed by atoms with Crippen LogP contribution in [-0.2, 0) is 20.7 Å². The molecular formula is C18H21N3O5. The molecule has 1 atom stereocenters. The third-order valence-corrected chi connectivity index (χ3v) is 4.55. The highest BCUT2D eigenvalue weighted by Crippen LogP contribution is 2.30. The minimum absolute atomic E-state index is 0.106. The van der Waals surface area contributed by atoms with Crippen molar-refractivity contribution in [1.29, 1.82) is 0 Å². The molecule has 0 saturated carbocycles. The Balaban J connectivity index is 1.78. The van der Waals surface area contributed by atoms with Crippen LogP contribution in [-0.4, -0.2) is 54.3 Å². The number of piperidine rings is 1. The number of nitrogens with two attached hydrogens (primary N) is 1. The number of nitrogens with zero attached hydrogens (tertiary/aromatic N) is 1. The first kappa shape index (κ1) is 18.2. The van der Waals surface area contributed by atoms with Crippen molar-refractivity contribution in [1.82, 2.24) is 10.2 Å². The smallest absolute Gasteiger partial charge is 0.262 e. The van der Waals surface area contributed by atoms with Crippen LogP contribution in [0.3, 0.4) is 0 Å². The third-order valence-electron chi connectivity index (χ3n) is 4.55. The lowest BCUT2D eigenvalue weighted by Gasteiger charge is -2.27. The summed E-state index contributed by atoms with van der Waals surface area (Å²) >= 11 is 0. The van der Waals surface area contributed by atoms with E-state index >= 15 is 0 Å². The Hall–Kier alpha value is -2.58. The summed E-state index contributed by atoms with van der Waals surface area (Å²) in [7, 11) is 0. The fourth-order valence-electron chi connectivity index (χ4n) is 3.34. The van der Waals surface area contributed by atoms with Gasteiger partial charge in [0.15, 0.2) is 0 Å². The van der Waals surface area contributed by atoms with E-state index in [-0.39, 0.29) is 18.7 Å². The van der Waals surface area contributed by atoms with Gasteiger partial charge in [-0.15, -0.1) is 0 Å². The Morgan fingerprint density at radius 3 is 2.69 bits per heavy atom. The second-order valence-electron chi connectivity index (χ2n) is 6.29. The van der Waals surface area contributed by atoms with Crippen molar-refractivity contribution in [3.8, 4) is 0 Å². The van der Waals surface area contributed by atoms with Crippen LogP contribution in [0.15, 0.2) is 18.2 Å². The topological polar surface area (TPSA) is 119 Å². The second-order valence-corrected chi connectivity index (χ2v) is 6.29. The van der Waals surface area contributed by atoms with E-state index in [2.05, 4.69) is 5.32 Å². The van der Waals surface area contributed by atoms with Crippen LogP contribution in [0.1, 0.15) is 45.5 Å². The largest absolute Gasteiger partial charge is 0.380 e. The summed E-state index contributed by atoms with van der Waals surface area (Å²) in [5.41, 5.74) is 6.78. The number of rotatable bonds is 7. The number of ether oxygens (including phenoxy) is 1. The molecule has 0 radical (unpaired) electrons. The Morgan fingerprint density at radius 1 is 1.15 bits per heavy atom. The molecule has 26 heavy (non-hydrogen) atoms. The molecular weight excluding hydrogens is 338 g/mol. The summed E-state index contributed by atoms with van der Waals surface area (Å²) in [6.45, 7) is 1.45. The first-order valence-electron chi connectivity index (χ1n) is 8.66. The lowest BCUT2D eigenvalue weighted by molar-refractivity contribution is -0.136. The standard InChI is InChI=1S/C18H21N3O5/c19-8-10-26-9-2-4-11-3-1-5-12-15(11)18(25)21(17(12)24)13-6-7-14(22)20-16(13)23/h1,3,5,13H,2,4,6-10,19H2,(H,20,22,23). The van der Waals surface area contributed by atoms with Crippen molar-refractivity contribution < 1.29 is 23.9 Å². The van der Waals surface area contributed by atoms with Crippen LogP contribution in [0, 0.1) is 0 Å². The fraction of sp³-hybridized carbons (Fsp3) is 0.444. The number of aryl methyl sites for hydroxylation is 1. The average molecular weight is 359 g/mol. The molecule has 0 aromatic heterocycles. The minimum Gasteiger partial charge on any atom is -0.380 e. The quantitative estimate of drug-likeness (QED) is 0.522. The summed E-state index contributed by atoms with van der Waals surface area (Å²) in [5.74, 6) is -1.95. The van der Waals surface area contributed by atoms with Gasteiger partial charge in [0.1, 0.15) is 6.04 Å². The number of amides is 4. The highest BCUT2D eigenvalue weighted by atomic mass is 16.5. The maximum atomic E-state index is 12.9. The second kappa shape index (κ2) is 7.76. The van der Waals surface area contributed by atoms with Gasteiger partial charge in [-0.2, -0.15) is 0 Å². The number of hydrogen-bond acceptors (Lipinski definition) is 6. The van der Waals surface area contributed by atoms with Crippen LogP contribution < -0.4 is 11.1 Å². The van der Waals surface area contributed by atoms with Crippen molar-refractivity contribution in [3.05, 3.63) is 34.9 Å². The first-order chi connectivity index (χ1) is 12.5. The third kappa shape index (κ3) is 3.38. The van der Waals surface area contributed by atoms with Crippen molar-refractivity contribution in [3.63, 3.8) is 0 Å². The fourth-order valence-corrected chi connectivity index (χ4v) is 3.34. The molecule has 3 rings (SSSR count). The highest BCUT2D eigenvalue weighted by molar-refractivity contribution is 6.24. The summed E-state index contributed by atoms with van der Waals surface area (Å²) in [6.07, 6.45) is 1.53. The Bertz CT molecular complexity index is 761. The van der Waals surface area contributed by atoms with Gasteiger partial charge in [0.25, 0.3) is 11.8 Å². The van der Waals surface area contributed by atoms with E-state index in [4.69, 9.17) is 10.5 Å². The molecule has 2 heterocycles. The Labute approximate surface area is 150 Å². The van der Waals surface area contributed by atoms with Gasteiger partial charge in [0, 0.05) is 19.6 Å². The van der Waals surface area contributed by atoms with Gasteiger partial charge in [-0.3, -0.25) is 29.4 Å². The first-order valence-corrected chi connectivity index (χ1v) is 8.66. The van der Waals surface area contributed by atoms with E-state index in [1.807, 2.05) is 0 Å².